The molecule has 1 aromatic rings. The number of hydrogen-bond donors (Lipinski definition) is 1. The fraction of sp³-hybridized carbons (Fsp3) is 0.588. The van der Waals surface area contributed by atoms with Gasteiger partial charge in [-0.2, -0.15) is 0 Å². The average molecular weight is 327 g/mol. The molecule has 0 amide bonds. The van der Waals surface area contributed by atoms with E-state index in [0.717, 1.165) is 0 Å². The predicted octanol–water partition coefficient (Wildman–Crippen LogP) is 3.27. The first-order chi connectivity index (χ1) is 10.3. The third-order valence-electron chi connectivity index (χ3n) is 3.16. The van der Waals surface area contributed by atoms with Crippen molar-refractivity contribution in [3.05, 3.63) is 29.8 Å². The maximum Gasteiger partial charge on any atom is 0.323 e. The van der Waals surface area contributed by atoms with Crippen molar-refractivity contribution in [3.63, 3.8) is 0 Å². The summed E-state index contributed by atoms with van der Waals surface area (Å²) in [5, 5.41) is 0. The molecule has 2 N–H and O–H groups in total. The van der Waals surface area contributed by atoms with Crippen LogP contribution in [0.3, 0.4) is 0 Å². The Kier molecular flexibility index (Phi) is 10.1. The summed E-state index contributed by atoms with van der Waals surface area (Å²) < 4.78 is 9.79. The first-order valence-electron chi connectivity index (χ1n) is 7.30. The number of ether oxygens (including phenoxy) is 2. The summed E-state index contributed by atoms with van der Waals surface area (Å²) in [6.07, 6.45) is 2.09. The minimum atomic E-state index is -0.632. The lowest BCUT2D eigenvalue weighted by Crippen LogP contribution is -2.47. The highest BCUT2D eigenvalue weighted by atomic mass is 32.2. The number of hydrogen-bond acceptors (Lipinski definition) is 5. The molecule has 1 aromatic carbocycles. The molecule has 0 saturated carbocycles. The molecule has 1 atom stereocenters. The molecule has 1 unspecified atom stereocenters. The van der Waals surface area contributed by atoms with E-state index in [0.29, 0.717) is 13.2 Å². The Labute approximate surface area is 138 Å². The van der Waals surface area contributed by atoms with E-state index in [9.17, 15) is 4.79 Å². The molecule has 22 heavy (non-hydrogen) atoms. The third kappa shape index (κ3) is 7.82. The van der Waals surface area contributed by atoms with Crippen LogP contribution in [-0.4, -0.2) is 38.6 Å². The van der Waals surface area contributed by atoms with Crippen LogP contribution in [0.25, 0.3) is 0 Å². The topological polar surface area (TPSA) is 61.5 Å². The second-order valence-electron chi connectivity index (χ2n) is 5.67. The highest BCUT2D eigenvalue weighted by molar-refractivity contribution is 7.98. The monoisotopic (exact) mass is 327 g/mol. The number of carbonyl (C=O) groups excluding carboxylic acids is 1. The van der Waals surface area contributed by atoms with Gasteiger partial charge in [0.25, 0.3) is 0 Å². The zero-order valence-electron chi connectivity index (χ0n) is 14.5. The Morgan fingerprint density at radius 2 is 1.86 bits per heavy atom. The Hall–Kier alpha value is -1.04. The Morgan fingerprint density at radius 3 is 2.27 bits per heavy atom. The summed E-state index contributed by atoms with van der Waals surface area (Å²) >= 11 is 1.78. The highest BCUT2D eigenvalue weighted by Crippen LogP contribution is 2.20. The van der Waals surface area contributed by atoms with Gasteiger partial charge in [-0.05, 0) is 32.2 Å². The van der Waals surface area contributed by atoms with Crippen LogP contribution in [-0.2, 0) is 14.3 Å². The Balaban J connectivity index is 0.000000425. The molecular formula is C17H29NO3S. The summed E-state index contributed by atoms with van der Waals surface area (Å²) in [6, 6.07) is 7.91. The van der Waals surface area contributed by atoms with Gasteiger partial charge in [0, 0.05) is 17.4 Å². The van der Waals surface area contributed by atoms with Gasteiger partial charge in [0.1, 0.15) is 6.04 Å². The van der Waals surface area contributed by atoms with Gasteiger partial charge >= 0.3 is 5.97 Å². The molecule has 0 fully saturated rings. The van der Waals surface area contributed by atoms with E-state index in [1.54, 1.807) is 25.8 Å². The van der Waals surface area contributed by atoms with Crippen LogP contribution in [0.2, 0.25) is 0 Å². The number of esters is 1. The van der Waals surface area contributed by atoms with Crippen molar-refractivity contribution in [1.82, 2.24) is 0 Å². The molecule has 0 aliphatic rings. The van der Waals surface area contributed by atoms with Crippen LogP contribution in [0.1, 0.15) is 26.3 Å². The standard InChI is InChI=1S/C9H19NO3.C8H10S/c1-5-13-8(11)7(10)9(2,3)6-12-4;1-7-3-5-8(9-2)6-4-7/h7H,5-6,10H2,1-4H3;3-6H,1-2H3. The van der Waals surface area contributed by atoms with Crippen molar-refractivity contribution >= 4 is 17.7 Å². The summed E-state index contributed by atoms with van der Waals surface area (Å²) in [5.41, 5.74) is 6.65. The molecule has 0 aliphatic heterocycles. The van der Waals surface area contributed by atoms with E-state index in [2.05, 4.69) is 37.4 Å². The average Bonchev–Trinajstić information content (AvgIpc) is 2.48. The van der Waals surface area contributed by atoms with Crippen molar-refractivity contribution in [2.45, 2.75) is 38.6 Å². The lowest BCUT2D eigenvalue weighted by atomic mass is 9.86. The van der Waals surface area contributed by atoms with Crippen LogP contribution in [0.15, 0.2) is 29.2 Å². The molecule has 0 aliphatic carbocycles. The van der Waals surface area contributed by atoms with Crippen LogP contribution >= 0.6 is 11.8 Å². The molecule has 0 heterocycles. The second kappa shape index (κ2) is 10.6. The van der Waals surface area contributed by atoms with E-state index in [1.165, 1.54) is 10.5 Å². The van der Waals surface area contributed by atoms with Gasteiger partial charge in [-0.25, -0.2) is 0 Å². The quantitative estimate of drug-likeness (QED) is 0.642. The molecular weight excluding hydrogens is 298 g/mol. The van der Waals surface area contributed by atoms with Crippen LogP contribution in [0.4, 0.5) is 0 Å². The summed E-state index contributed by atoms with van der Waals surface area (Å²) in [7, 11) is 1.58. The summed E-state index contributed by atoms with van der Waals surface area (Å²) in [4.78, 5) is 12.6. The fourth-order valence-electron chi connectivity index (χ4n) is 1.69. The minimum absolute atomic E-state index is 0.357. The molecule has 0 radical (unpaired) electrons. The van der Waals surface area contributed by atoms with Crippen LogP contribution in [0.5, 0.6) is 0 Å². The normalized spacial score (nSPS) is 12.1. The van der Waals surface area contributed by atoms with Crippen molar-refractivity contribution in [2.24, 2.45) is 11.1 Å². The number of carbonyl (C=O) groups is 1. The maximum absolute atomic E-state index is 11.3. The number of aryl methyl sites for hydroxylation is 1. The summed E-state index contributed by atoms with van der Waals surface area (Å²) in [5.74, 6) is -0.371. The number of nitrogens with two attached hydrogens (primary N) is 1. The van der Waals surface area contributed by atoms with Crippen molar-refractivity contribution in [3.8, 4) is 0 Å². The van der Waals surface area contributed by atoms with Gasteiger partial charge < -0.3 is 15.2 Å². The molecule has 5 heteroatoms. The van der Waals surface area contributed by atoms with Gasteiger partial charge in [0.05, 0.1) is 13.2 Å². The Bertz CT molecular complexity index is 432. The number of methoxy groups -OCH3 is 1. The van der Waals surface area contributed by atoms with Gasteiger partial charge in [-0.1, -0.05) is 31.5 Å². The lowest BCUT2D eigenvalue weighted by Gasteiger charge is -2.28. The number of thioether (sulfide) groups is 1. The van der Waals surface area contributed by atoms with Gasteiger partial charge in [-0.15, -0.1) is 11.8 Å². The minimum Gasteiger partial charge on any atom is -0.465 e. The lowest BCUT2D eigenvalue weighted by molar-refractivity contribution is -0.148. The highest BCUT2D eigenvalue weighted by Gasteiger charge is 2.33. The molecule has 0 bridgehead atoms. The van der Waals surface area contributed by atoms with Crippen LogP contribution in [0, 0.1) is 12.3 Å². The smallest absolute Gasteiger partial charge is 0.323 e. The Morgan fingerprint density at radius 1 is 1.32 bits per heavy atom. The molecule has 0 aromatic heterocycles. The van der Waals surface area contributed by atoms with E-state index < -0.39 is 6.04 Å². The van der Waals surface area contributed by atoms with Crippen LogP contribution < -0.4 is 5.73 Å². The zero-order chi connectivity index (χ0) is 17.2. The zero-order valence-corrected chi connectivity index (χ0v) is 15.3. The second-order valence-corrected chi connectivity index (χ2v) is 6.55. The number of rotatable bonds is 6. The summed E-state index contributed by atoms with van der Waals surface area (Å²) in [6.45, 7) is 8.40. The maximum atomic E-state index is 11.3. The van der Waals surface area contributed by atoms with Crippen molar-refractivity contribution in [2.75, 3.05) is 26.6 Å². The number of benzene rings is 1. The van der Waals surface area contributed by atoms with Gasteiger partial charge in [0.2, 0.25) is 0 Å². The SMILES string of the molecule is CCOC(=O)C(N)C(C)(C)COC.CSc1ccc(C)cc1. The van der Waals surface area contributed by atoms with Crippen molar-refractivity contribution in [1.29, 1.82) is 0 Å². The molecule has 1 rings (SSSR count). The molecule has 126 valence electrons. The van der Waals surface area contributed by atoms with Crippen molar-refractivity contribution < 1.29 is 14.3 Å². The van der Waals surface area contributed by atoms with Gasteiger partial charge in [0.15, 0.2) is 0 Å². The van der Waals surface area contributed by atoms with E-state index in [4.69, 9.17) is 15.2 Å². The van der Waals surface area contributed by atoms with E-state index in [1.807, 2.05) is 13.8 Å². The largest absolute Gasteiger partial charge is 0.465 e. The third-order valence-corrected chi connectivity index (χ3v) is 3.90. The predicted molar refractivity (Wildman–Crippen MR) is 93.2 cm³/mol. The molecule has 4 nitrogen and oxygen atoms in total. The molecule has 0 spiro atoms. The van der Waals surface area contributed by atoms with E-state index in [-0.39, 0.29) is 11.4 Å². The fourth-order valence-corrected chi connectivity index (χ4v) is 2.10. The first kappa shape index (κ1) is 21.0. The molecule has 0 saturated heterocycles. The van der Waals surface area contributed by atoms with Gasteiger partial charge in [-0.3, -0.25) is 4.79 Å². The first-order valence-corrected chi connectivity index (χ1v) is 8.52. The van der Waals surface area contributed by atoms with E-state index >= 15 is 0 Å².